The van der Waals surface area contributed by atoms with E-state index in [1.807, 2.05) is 30.5 Å². The van der Waals surface area contributed by atoms with Gasteiger partial charge in [-0.15, -0.1) is 0 Å². The van der Waals surface area contributed by atoms with E-state index in [-0.39, 0.29) is 6.10 Å². The van der Waals surface area contributed by atoms with Crippen LogP contribution in [-0.4, -0.2) is 28.7 Å². The number of nitrogens with one attached hydrogen (secondary N) is 1. The molecule has 2 aromatic rings. The SMILES string of the molecule is C[C@H]1OCC[C@H]1Nc1ccnc(Cc2ccccc2)n1. The lowest BCUT2D eigenvalue weighted by atomic mass is 10.1. The summed E-state index contributed by atoms with van der Waals surface area (Å²) in [7, 11) is 0. The Morgan fingerprint density at radius 3 is 2.85 bits per heavy atom. The van der Waals surface area contributed by atoms with Crippen LogP contribution in [-0.2, 0) is 11.2 Å². The molecule has 1 fully saturated rings. The number of hydrogen-bond donors (Lipinski definition) is 1. The standard InChI is InChI=1S/C16H19N3O/c1-12-14(8-10-20-12)18-15-7-9-17-16(19-15)11-13-5-3-2-4-6-13/h2-7,9,12,14H,8,10-11H2,1H3,(H,17,18,19)/t12-,14-/m1/s1. The fourth-order valence-corrected chi connectivity index (χ4v) is 2.45. The zero-order chi connectivity index (χ0) is 13.8. The first-order valence-electron chi connectivity index (χ1n) is 7.05. The number of nitrogens with zero attached hydrogens (tertiary/aromatic N) is 2. The van der Waals surface area contributed by atoms with E-state index >= 15 is 0 Å². The minimum absolute atomic E-state index is 0.238. The number of rotatable bonds is 4. The van der Waals surface area contributed by atoms with E-state index in [2.05, 4.69) is 34.3 Å². The molecule has 2 atom stereocenters. The minimum Gasteiger partial charge on any atom is -0.376 e. The molecule has 1 aliphatic heterocycles. The summed E-state index contributed by atoms with van der Waals surface area (Å²) >= 11 is 0. The van der Waals surface area contributed by atoms with Crippen molar-refractivity contribution in [3.05, 3.63) is 54.0 Å². The Bertz CT molecular complexity index is 559. The highest BCUT2D eigenvalue weighted by molar-refractivity contribution is 5.35. The first-order chi connectivity index (χ1) is 9.81. The van der Waals surface area contributed by atoms with Crippen LogP contribution in [0.4, 0.5) is 5.82 Å². The van der Waals surface area contributed by atoms with E-state index in [0.717, 1.165) is 31.1 Å². The van der Waals surface area contributed by atoms with Crippen molar-refractivity contribution < 1.29 is 4.74 Å². The predicted octanol–water partition coefficient (Wildman–Crippen LogP) is 2.66. The first kappa shape index (κ1) is 13.1. The van der Waals surface area contributed by atoms with Crippen molar-refractivity contribution in [3.8, 4) is 0 Å². The van der Waals surface area contributed by atoms with Crippen LogP contribution >= 0.6 is 0 Å². The molecule has 0 radical (unpaired) electrons. The second kappa shape index (κ2) is 6.01. The summed E-state index contributed by atoms with van der Waals surface area (Å²) < 4.78 is 5.56. The summed E-state index contributed by atoms with van der Waals surface area (Å²) in [5.41, 5.74) is 1.22. The molecule has 1 N–H and O–H groups in total. The summed E-state index contributed by atoms with van der Waals surface area (Å²) in [6.07, 6.45) is 3.84. The summed E-state index contributed by atoms with van der Waals surface area (Å²) in [5, 5.41) is 3.44. The maximum Gasteiger partial charge on any atom is 0.135 e. The Morgan fingerprint density at radius 1 is 1.25 bits per heavy atom. The molecule has 20 heavy (non-hydrogen) atoms. The molecule has 0 aliphatic carbocycles. The molecule has 1 aliphatic rings. The Kier molecular flexibility index (Phi) is 3.92. The van der Waals surface area contributed by atoms with Gasteiger partial charge in [0.15, 0.2) is 0 Å². The monoisotopic (exact) mass is 269 g/mol. The lowest BCUT2D eigenvalue weighted by Gasteiger charge is -2.16. The molecule has 1 aromatic heterocycles. The fourth-order valence-electron chi connectivity index (χ4n) is 2.45. The minimum atomic E-state index is 0.238. The van der Waals surface area contributed by atoms with Crippen LogP contribution in [0.15, 0.2) is 42.6 Å². The van der Waals surface area contributed by atoms with E-state index < -0.39 is 0 Å². The molecule has 2 heterocycles. The zero-order valence-electron chi connectivity index (χ0n) is 11.6. The summed E-state index contributed by atoms with van der Waals surface area (Å²) in [4.78, 5) is 8.93. The van der Waals surface area contributed by atoms with Gasteiger partial charge in [-0.2, -0.15) is 0 Å². The van der Waals surface area contributed by atoms with E-state index in [9.17, 15) is 0 Å². The van der Waals surface area contributed by atoms with E-state index in [1.165, 1.54) is 5.56 Å². The third kappa shape index (κ3) is 3.14. The summed E-state index contributed by atoms with van der Waals surface area (Å²) in [5.74, 6) is 1.72. The maximum absolute atomic E-state index is 5.56. The molecule has 1 saturated heterocycles. The van der Waals surface area contributed by atoms with Gasteiger partial charge in [-0.3, -0.25) is 0 Å². The van der Waals surface area contributed by atoms with Gasteiger partial charge in [0.05, 0.1) is 12.1 Å². The van der Waals surface area contributed by atoms with Crippen LogP contribution in [0.25, 0.3) is 0 Å². The van der Waals surface area contributed by atoms with Crippen molar-refractivity contribution in [2.75, 3.05) is 11.9 Å². The van der Waals surface area contributed by atoms with E-state index in [0.29, 0.717) is 6.04 Å². The molecule has 0 spiro atoms. The molecular weight excluding hydrogens is 250 g/mol. The molecule has 4 nitrogen and oxygen atoms in total. The van der Waals surface area contributed by atoms with Crippen LogP contribution in [0.5, 0.6) is 0 Å². The predicted molar refractivity (Wildman–Crippen MR) is 78.7 cm³/mol. The molecular formula is C16H19N3O. The van der Waals surface area contributed by atoms with Crippen LogP contribution < -0.4 is 5.32 Å². The van der Waals surface area contributed by atoms with Crippen molar-refractivity contribution in [2.45, 2.75) is 31.9 Å². The van der Waals surface area contributed by atoms with Crippen LogP contribution in [0.3, 0.4) is 0 Å². The Hall–Kier alpha value is -1.94. The molecule has 0 bridgehead atoms. The van der Waals surface area contributed by atoms with Gasteiger partial charge in [-0.1, -0.05) is 30.3 Å². The van der Waals surface area contributed by atoms with Crippen LogP contribution in [0.2, 0.25) is 0 Å². The molecule has 0 saturated carbocycles. The highest BCUT2D eigenvalue weighted by Crippen LogP contribution is 2.17. The first-order valence-corrected chi connectivity index (χ1v) is 7.05. The van der Waals surface area contributed by atoms with Crippen molar-refractivity contribution in [1.29, 1.82) is 0 Å². The average molecular weight is 269 g/mol. The van der Waals surface area contributed by atoms with Crippen molar-refractivity contribution in [3.63, 3.8) is 0 Å². The number of aromatic nitrogens is 2. The Labute approximate surface area is 119 Å². The number of anilines is 1. The van der Waals surface area contributed by atoms with Crippen LogP contribution in [0, 0.1) is 0 Å². The van der Waals surface area contributed by atoms with Gasteiger partial charge >= 0.3 is 0 Å². The number of ether oxygens (including phenoxy) is 1. The van der Waals surface area contributed by atoms with Gasteiger partial charge in [-0.25, -0.2) is 9.97 Å². The van der Waals surface area contributed by atoms with Gasteiger partial charge in [-0.05, 0) is 25.0 Å². The van der Waals surface area contributed by atoms with E-state index in [1.54, 1.807) is 0 Å². The lowest BCUT2D eigenvalue weighted by Crippen LogP contribution is -2.27. The maximum atomic E-state index is 5.56. The van der Waals surface area contributed by atoms with E-state index in [4.69, 9.17) is 4.74 Å². The fraction of sp³-hybridized carbons (Fsp3) is 0.375. The van der Waals surface area contributed by atoms with Gasteiger partial charge < -0.3 is 10.1 Å². The van der Waals surface area contributed by atoms with Gasteiger partial charge in [0.1, 0.15) is 11.6 Å². The zero-order valence-corrected chi connectivity index (χ0v) is 11.6. The Morgan fingerprint density at radius 2 is 2.10 bits per heavy atom. The summed E-state index contributed by atoms with van der Waals surface area (Å²) in [6, 6.07) is 12.5. The molecule has 0 unspecified atom stereocenters. The number of hydrogen-bond acceptors (Lipinski definition) is 4. The highest BCUT2D eigenvalue weighted by atomic mass is 16.5. The molecule has 3 rings (SSSR count). The van der Waals surface area contributed by atoms with Gasteiger partial charge in [0.25, 0.3) is 0 Å². The largest absolute Gasteiger partial charge is 0.376 e. The second-order valence-electron chi connectivity index (χ2n) is 5.14. The van der Waals surface area contributed by atoms with Crippen molar-refractivity contribution in [1.82, 2.24) is 9.97 Å². The smallest absolute Gasteiger partial charge is 0.135 e. The average Bonchev–Trinajstić information content (AvgIpc) is 2.86. The topological polar surface area (TPSA) is 47.0 Å². The highest BCUT2D eigenvalue weighted by Gasteiger charge is 2.24. The van der Waals surface area contributed by atoms with Gasteiger partial charge in [0, 0.05) is 19.2 Å². The second-order valence-corrected chi connectivity index (χ2v) is 5.14. The Balaban J connectivity index is 1.69. The third-order valence-corrected chi connectivity index (χ3v) is 3.62. The normalized spacial score (nSPS) is 21.9. The molecule has 0 amide bonds. The van der Waals surface area contributed by atoms with Crippen molar-refractivity contribution >= 4 is 5.82 Å². The quantitative estimate of drug-likeness (QED) is 0.927. The van der Waals surface area contributed by atoms with Crippen LogP contribution in [0.1, 0.15) is 24.7 Å². The molecule has 4 heteroatoms. The lowest BCUT2D eigenvalue weighted by molar-refractivity contribution is 0.121. The third-order valence-electron chi connectivity index (χ3n) is 3.62. The molecule has 1 aromatic carbocycles. The van der Waals surface area contributed by atoms with Crippen molar-refractivity contribution in [2.24, 2.45) is 0 Å². The number of benzene rings is 1. The molecule has 104 valence electrons. The van der Waals surface area contributed by atoms with Gasteiger partial charge in [0.2, 0.25) is 0 Å². The summed E-state index contributed by atoms with van der Waals surface area (Å²) in [6.45, 7) is 2.91.